The van der Waals surface area contributed by atoms with Crippen LogP contribution in [0.4, 0.5) is 14.5 Å². The van der Waals surface area contributed by atoms with Crippen molar-refractivity contribution in [3.05, 3.63) is 65.2 Å². The van der Waals surface area contributed by atoms with E-state index in [4.69, 9.17) is 0 Å². The molecule has 0 fully saturated rings. The zero-order valence-electron chi connectivity index (χ0n) is 10.7. The number of nitrogens with one attached hydrogen (secondary N) is 1. The third-order valence-electron chi connectivity index (χ3n) is 2.93. The number of halogens is 2. The minimum Gasteiger partial charge on any atom is -0.479 e. The summed E-state index contributed by atoms with van der Waals surface area (Å²) < 4.78 is 26.2. The van der Waals surface area contributed by atoms with Crippen molar-refractivity contribution in [1.29, 1.82) is 0 Å². The normalized spacial score (nSPS) is 11.9. The van der Waals surface area contributed by atoms with Gasteiger partial charge in [0.1, 0.15) is 11.6 Å². The van der Waals surface area contributed by atoms with Crippen molar-refractivity contribution in [2.75, 3.05) is 5.32 Å². The minimum absolute atomic E-state index is 0.348. The van der Waals surface area contributed by atoms with Gasteiger partial charge in [0.05, 0.1) is 0 Å². The van der Waals surface area contributed by atoms with Crippen LogP contribution in [0.2, 0.25) is 0 Å². The van der Waals surface area contributed by atoms with Gasteiger partial charge in [-0.15, -0.1) is 0 Å². The summed E-state index contributed by atoms with van der Waals surface area (Å²) in [7, 11) is 0. The molecule has 2 N–H and O–H groups in total. The molecule has 5 heteroatoms. The van der Waals surface area contributed by atoms with Gasteiger partial charge >= 0.3 is 5.97 Å². The van der Waals surface area contributed by atoms with Crippen LogP contribution < -0.4 is 5.32 Å². The van der Waals surface area contributed by atoms with Gasteiger partial charge in [0.15, 0.2) is 6.04 Å². The molecule has 104 valence electrons. The van der Waals surface area contributed by atoms with Gasteiger partial charge in [0.25, 0.3) is 0 Å². The van der Waals surface area contributed by atoms with E-state index in [0.29, 0.717) is 16.8 Å². The minimum atomic E-state index is -1.12. The SMILES string of the molecule is Cc1cc(F)ccc1C(Nc1cccc(F)c1)C(=O)O. The Kier molecular flexibility index (Phi) is 3.98. The molecule has 0 spiro atoms. The van der Waals surface area contributed by atoms with Crippen molar-refractivity contribution in [2.24, 2.45) is 0 Å². The number of aryl methyl sites for hydroxylation is 1. The van der Waals surface area contributed by atoms with Gasteiger partial charge in [-0.1, -0.05) is 12.1 Å². The van der Waals surface area contributed by atoms with Crippen molar-refractivity contribution < 1.29 is 18.7 Å². The van der Waals surface area contributed by atoms with E-state index in [0.717, 1.165) is 0 Å². The lowest BCUT2D eigenvalue weighted by Crippen LogP contribution is -2.21. The fraction of sp³-hybridized carbons (Fsp3) is 0.133. The monoisotopic (exact) mass is 277 g/mol. The van der Waals surface area contributed by atoms with Gasteiger partial charge in [-0.2, -0.15) is 0 Å². The molecule has 0 aromatic heterocycles. The maximum atomic E-state index is 13.1. The number of anilines is 1. The van der Waals surface area contributed by atoms with Gasteiger partial charge < -0.3 is 10.4 Å². The number of hydrogen-bond donors (Lipinski definition) is 2. The number of aliphatic carboxylic acids is 1. The van der Waals surface area contributed by atoms with E-state index in [9.17, 15) is 18.7 Å². The first-order valence-corrected chi connectivity index (χ1v) is 5.98. The van der Waals surface area contributed by atoms with Gasteiger partial charge in [0, 0.05) is 5.69 Å². The average Bonchev–Trinajstić information content (AvgIpc) is 2.36. The van der Waals surface area contributed by atoms with Crippen LogP contribution in [0, 0.1) is 18.6 Å². The average molecular weight is 277 g/mol. The smallest absolute Gasteiger partial charge is 0.330 e. The Bertz CT molecular complexity index is 644. The highest BCUT2D eigenvalue weighted by molar-refractivity contribution is 5.79. The van der Waals surface area contributed by atoms with Crippen molar-refractivity contribution in [1.82, 2.24) is 0 Å². The molecule has 1 atom stereocenters. The van der Waals surface area contributed by atoms with Crippen LogP contribution in [0.25, 0.3) is 0 Å². The number of hydrogen-bond acceptors (Lipinski definition) is 2. The molecular weight excluding hydrogens is 264 g/mol. The van der Waals surface area contributed by atoms with Gasteiger partial charge in [-0.05, 0) is 48.4 Å². The molecule has 1 unspecified atom stereocenters. The number of carbonyl (C=O) groups is 1. The van der Waals surface area contributed by atoms with E-state index in [1.807, 2.05) is 0 Å². The summed E-state index contributed by atoms with van der Waals surface area (Å²) >= 11 is 0. The van der Waals surface area contributed by atoms with Crippen LogP contribution in [0.15, 0.2) is 42.5 Å². The summed E-state index contributed by atoms with van der Waals surface area (Å²) in [5.41, 5.74) is 1.30. The first-order chi connectivity index (χ1) is 9.47. The Labute approximate surface area is 114 Å². The molecule has 0 saturated heterocycles. The number of carboxylic acid groups (broad SMARTS) is 1. The molecule has 2 aromatic rings. The lowest BCUT2D eigenvalue weighted by atomic mass is 10.0. The standard InChI is InChI=1S/C15H13F2NO2/c1-9-7-11(17)5-6-13(9)14(15(19)20)18-12-4-2-3-10(16)8-12/h2-8,14,18H,1H3,(H,19,20). The fourth-order valence-corrected chi connectivity index (χ4v) is 1.98. The number of benzene rings is 2. The molecule has 2 rings (SSSR count). The quantitative estimate of drug-likeness (QED) is 0.899. The first kappa shape index (κ1) is 14.0. The first-order valence-electron chi connectivity index (χ1n) is 5.98. The zero-order chi connectivity index (χ0) is 14.7. The summed E-state index contributed by atoms with van der Waals surface area (Å²) in [6.45, 7) is 1.63. The fourth-order valence-electron chi connectivity index (χ4n) is 1.98. The predicted octanol–water partition coefficient (Wildman–Crippen LogP) is 3.51. The molecular formula is C15H13F2NO2. The van der Waals surface area contributed by atoms with Crippen LogP contribution >= 0.6 is 0 Å². The molecule has 0 bridgehead atoms. The lowest BCUT2D eigenvalue weighted by Gasteiger charge is -2.18. The molecule has 3 nitrogen and oxygen atoms in total. The molecule has 0 aliphatic rings. The summed E-state index contributed by atoms with van der Waals surface area (Å²) in [4.78, 5) is 11.4. The third-order valence-corrected chi connectivity index (χ3v) is 2.93. The molecule has 0 aliphatic heterocycles. The van der Waals surface area contributed by atoms with Crippen LogP contribution in [-0.2, 0) is 4.79 Å². The Hall–Kier alpha value is -2.43. The maximum Gasteiger partial charge on any atom is 0.330 e. The highest BCUT2D eigenvalue weighted by Gasteiger charge is 2.21. The van der Waals surface area contributed by atoms with E-state index in [1.54, 1.807) is 13.0 Å². The molecule has 0 radical (unpaired) electrons. The van der Waals surface area contributed by atoms with E-state index >= 15 is 0 Å². The lowest BCUT2D eigenvalue weighted by molar-refractivity contribution is -0.138. The Morgan fingerprint density at radius 3 is 2.45 bits per heavy atom. The maximum absolute atomic E-state index is 13.1. The van der Waals surface area contributed by atoms with Crippen molar-refractivity contribution in [3.8, 4) is 0 Å². The van der Waals surface area contributed by atoms with Crippen molar-refractivity contribution in [2.45, 2.75) is 13.0 Å². The van der Waals surface area contributed by atoms with Gasteiger partial charge in [0.2, 0.25) is 0 Å². The van der Waals surface area contributed by atoms with Crippen LogP contribution in [-0.4, -0.2) is 11.1 Å². The zero-order valence-corrected chi connectivity index (χ0v) is 10.7. The molecule has 2 aromatic carbocycles. The van der Waals surface area contributed by atoms with Gasteiger partial charge in [-0.3, -0.25) is 0 Å². The Morgan fingerprint density at radius 2 is 1.85 bits per heavy atom. The molecule has 0 amide bonds. The highest BCUT2D eigenvalue weighted by Crippen LogP contribution is 2.24. The van der Waals surface area contributed by atoms with Crippen molar-refractivity contribution >= 4 is 11.7 Å². The highest BCUT2D eigenvalue weighted by atomic mass is 19.1. The van der Waals surface area contributed by atoms with Crippen LogP contribution in [0.3, 0.4) is 0 Å². The summed E-state index contributed by atoms with van der Waals surface area (Å²) in [5.74, 6) is -2.01. The molecule has 0 heterocycles. The van der Waals surface area contributed by atoms with Crippen LogP contribution in [0.5, 0.6) is 0 Å². The Morgan fingerprint density at radius 1 is 1.15 bits per heavy atom. The molecule has 0 saturated carbocycles. The van der Waals surface area contributed by atoms with E-state index in [2.05, 4.69) is 5.32 Å². The number of carboxylic acids is 1. The number of rotatable bonds is 4. The topological polar surface area (TPSA) is 49.3 Å². The van der Waals surface area contributed by atoms with Crippen molar-refractivity contribution in [3.63, 3.8) is 0 Å². The largest absolute Gasteiger partial charge is 0.479 e. The summed E-state index contributed by atoms with van der Waals surface area (Å²) in [6.07, 6.45) is 0. The summed E-state index contributed by atoms with van der Waals surface area (Å²) in [5, 5.41) is 12.0. The second-order valence-corrected chi connectivity index (χ2v) is 4.43. The second kappa shape index (κ2) is 5.69. The molecule has 0 aliphatic carbocycles. The summed E-state index contributed by atoms with van der Waals surface area (Å²) in [6, 6.07) is 8.32. The second-order valence-electron chi connectivity index (χ2n) is 4.43. The van der Waals surface area contributed by atoms with E-state index < -0.39 is 23.6 Å². The van der Waals surface area contributed by atoms with Gasteiger partial charge in [-0.25, -0.2) is 13.6 Å². The predicted molar refractivity (Wildman–Crippen MR) is 71.5 cm³/mol. The molecule has 20 heavy (non-hydrogen) atoms. The Balaban J connectivity index is 2.34. The third kappa shape index (κ3) is 3.12. The van der Waals surface area contributed by atoms with E-state index in [-0.39, 0.29) is 0 Å². The van der Waals surface area contributed by atoms with E-state index in [1.165, 1.54) is 36.4 Å². The van der Waals surface area contributed by atoms with Crippen LogP contribution in [0.1, 0.15) is 17.2 Å².